The maximum Gasteiger partial charge on any atom is 0.235 e. The van der Waals surface area contributed by atoms with Gasteiger partial charge in [-0.25, -0.2) is 4.68 Å². The van der Waals surface area contributed by atoms with Gasteiger partial charge in [0.15, 0.2) is 0 Å². The summed E-state index contributed by atoms with van der Waals surface area (Å²) in [5.74, 6) is 1.15. The van der Waals surface area contributed by atoms with E-state index in [4.69, 9.17) is 0 Å². The molecule has 0 aliphatic rings. The molecule has 1 amide bonds. The summed E-state index contributed by atoms with van der Waals surface area (Å²) >= 11 is 1.53. The molecule has 5 heteroatoms. The van der Waals surface area contributed by atoms with Crippen molar-refractivity contribution in [3.8, 4) is 0 Å². The normalized spacial score (nSPS) is 10.4. The van der Waals surface area contributed by atoms with E-state index in [9.17, 15) is 4.79 Å². The van der Waals surface area contributed by atoms with Crippen LogP contribution in [-0.2, 0) is 11.3 Å². The van der Waals surface area contributed by atoms with Gasteiger partial charge in [0.1, 0.15) is 5.82 Å². The van der Waals surface area contributed by atoms with E-state index in [2.05, 4.69) is 10.4 Å². The number of anilines is 1. The number of carbonyl (C=O) groups is 1. The second kappa shape index (κ2) is 6.43. The number of rotatable bonds is 5. The molecule has 2 aromatic rings. The fraction of sp³-hybridized carbons (Fsp3) is 0.286. The fourth-order valence-corrected chi connectivity index (χ4v) is 2.45. The number of benzene rings is 1. The molecule has 1 N–H and O–H groups in total. The highest BCUT2D eigenvalue weighted by Crippen LogP contribution is 2.17. The molecular formula is C14H17N3OS. The van der Waals surface area contributed by atoms with Crippen molar-refractivity contribution < 1.29 is 4.79 Å². The first kappa shape index (κ1) is 13.7. The molecule has 0 radical (unpaired) electrons. The summed E-state index contributed by atoms with van der Waals surface area (Å²) in [5.41, 5.74) is 0.910. The van der Waals surface area contributed by atoms with E-state index in [1.807, 2.05) is 50.2 Å². The Morgan fingerprint density at radius 2 is 2.11 bits per heavy atom. The maximum absolute atomic E-state index is 11.9. The van der Waals surface area contributed by atoms with Gasteiger partial charge >= 0.3 is 0 Å². The number of nitrogens with one attached hydrogen (secondary N) is 1. The first-order valence-corrected chi connectivity index (χ1v) is 7.19. The molecule has 19 heavy (non-hydrogen) atoms. The lowest BCUT2D eigenvalue weighted by atomic mass is 10.4. The van der Waals surface area contributed by atoms with Crippen LogP contribution in [0.5, 0.6) is 0 Å². The minimum atomic E-state index is -0.0107. The van der Waals surface area contributed by atoms with Crippen LogP contribution in [0.2, 0.25) is 0 Å². The third-order valence-electron chi connectivity index (χ3n) is 2.58. The molecule has 0 unspecified atom stereocenters. The van der Waals surface area contributed by atoms with Crippen LogP contribution < -0.4 is 5.32 Å². The van der Waals surface area contributed by atoms with Gasteiger partial charge in [-0.3, -0.25) is 4.79 Å². The number of thioether (sulfide) groups is 1. The van der Waals surface area contributed by atoms with Crippen molar-refractivity contribution in [2.24, 2.45) is 0 Å². The number of carbonyl (C=O) groups excluding carboxylic acids is 1. The van der Waals surface area contributed by atoms with Crippen molar-refractivity contribution in [2.45, 2.75) is 25.3 Å². The van der Waals surface area contributed by atoms with Gasteiger partial charge in [0, 0.05) is 17.5 Å². The molecule has 2 rings (SSSR count). The van der Waals surface area contributed by atoms with Crippen molar-refractivity contribution in [1.82, 2.24) is 9.78 Å². The van der Waals surface area contributed by atoms with Gasteiger partial charge in [0.25, 0.3) is 0 Å². The summed E-state index contributed by atoms with van der Waals surface area (Å²) in [6.07, 6.45) is 0. The number of hydrogen-bond donors (Lipinski definition) is 1. The zero-order valence-corrected chi connectivity index (χ0v) is 11.9. The Kier molecular flexibility index (Phi) is 4.63. The zero-order valence-electron chi connectivity index (χ0n) is 11.1. The summed E-state index contributed by atoms with van der Waals surface area (Å²) in [6, 6.07) is 11.8. The lowest BCUT2D eigenvalue weighted by Crippen LogP contribution is -2.17. The number of aryl methyl sites for hydroxylation is 2. The zero-order chi connectivity index (χ0) is 13.7. The maximum atomic E-state index is 11.9. The molecule has 4 nitrogen and oxygen atoms in total. The van der Waals surface area contributed by atoms with Gasteiger partial charge in [-0.05, 0) is 26.0 Å². The predicted octanol–water partition coefficient (Wildman–Crippen LogP) is 2.94. The smallest absolute Gasteiger partial charge is 0.235 e. The summed E-state index contributed by atoms with van der Waals surface area (Å²) < 4.78 is 1.79. The van der Waals surface area contributed by atoms with E-state index >= 15 is 0 Å². The van der Waals surface area contributed by atoms with E-state index < -0.39 is 0 Å². The van der Waals surface area contributed by atoms with Crippen LogP contribution in [0.3, 0.4) is 0 Å². The Labute approximate surface area is 117 Å². The average molecular weight is 275 g/mol. The third-order valence-corrected chi connectivity index (χ3v) is 3.59. The molecule has 0 saturated heterocycles. The number of hydrogen-bond acceptors (Lipinski definition) is 3. The lowest BCUT2D eigenvalue weighted by Gasteiger charge is -2.06. The van der Waals surface area contributed by atoms with Crippen LogP contribution in [0.4, 0.5) is 5.82 Å². The molecule has 0 saturated carbocycles. The average Bonchev–Trinajstić information content (AvgIpc) is 2.77. The second-order valence-corrected chi connectivity index (χ2v) is 5.19. The molecule has 1 aromatic heterocycles. The SMILES string of the molecule is CCn1nc(C)cc1NC(=O)CSc1ccccc1. The van der Waals surface area contributed by atoms with E-state index in [1.54, 1.807) is 4.68 Å². The van der Waals surface area contributed by atoms with Crippen LogP contribution >= 0.6 is 11.8 Å². The summed E-state index contributed by atoms with van der Waals surface area (Å²) in [4.78, 5) is 13.0. The Hall–Kier alpha value is -1.75. The number of nitrogens with zero attached hydrogens (tertiary/aromatic N) is 2. The Balaban J connectivity index is 1.91. The van der Waals surface area contributed by atoms with Gasteiger partial charge in [0.05, 0.1) is 11.4 Å². The Morgan fingerprint density at radius 1 is 1.37 bits per heavy atom. The van der Waals surface area contributed by atoms with Crippen LogP contribution in [0.25, 0.3) is 0 Å². The van der Waals surface area contributed by atoms with Gasteiger partial charge in [-0.15, -0.1) is 11.8 Å². The van der Waals surface area contributed by atoms with Gasteiger partial charge in [-0.1, -0.05) is 18.2 Å². The standard InChI is InChI=1S/C14H17N3OS/c1-3-17-13(9-11(2)16-17)15-14(18)10-19-12-7-5-4-6-8-12/h4-9H,3,10H2,1-2H3,(H,15,18). The van der Waals surface area contributed by atoms with Gasteiger partial charge in [0.2, 0.25) is 5.91 Å². The van der Waals surface area contributed by atoms with Crippen LogP contribution in [0.15, 0.2) is 41.3 Å². The van der Waals surface area contributed by atoms with E-state index in [1.165, 1.54) is 11.8 Å². The van der Waals surface area contributed by atoms with Crippen molar-refractivity contribution in [3.05, 3.63) is 42.1 Å². The van der Waals surface area contributed by atoms with E-state index in [-0.39, 0.29) is 5.91 Å². The summed E-state index contributed by atoms with van der Waals surface area (Å²) in [5, 5.41) is 7.19. The fourth-order valence-electron chi connectivity index (χ4n) is 1.73. The highest BCUT2D eigenvalue weighted by molar-refractivity contribution is 8.00. The molecule has 0 aliphatic carbocycles. The molecule has 1 heterocycles. The van der Waals surface area contributed by atoms with Crippen molar-refractivity contribution in [1.29, 1.82) is 0 Å². The molecule has 0 atom stereocenters. The molecule has 0 aliphatic heterocycles. The van der Waals surface area contributed by atoms with Crippen LogP contribution in [0.1, 0.15) is 12.6 Å². The quantitative estimate of drug-likeness (QED) is 0.853. The van der Waals surface area contributed by atoms with Crippen molar-refractivity contribution in [3.63, 3.8) is 0 Å². The van der Waals surface area contributed by atoms with Crippen LogP contribution in [0, 0.1) is 6.92 Å². The predicted molar refractivity (Wildman–Crippen MR) is 78.4 cm³/mol. The molecule has 100 valence electrons. The monoisotopic (exact) mass is 275 g/mol. The third kappa shape index (κ3) is 3.86. The molecule has 0 bridgehead atoms. The first-order valence-electron chi connectivity index (χ1n) is 6.21. The summed E-state index contributed by atoms with van der Waals surface area (Å²) in [7, 11) is 0. The number of amides is 1. The molecule has 0 fully saturated rings. The highest BCUT2D eigenvalue weighted by atomic mass is 32.2. The van der Waals surface area contributed by atoms with E-state index in [0.29, 0.717) is 5.75 Å². The Bertz CT molecular complexity index is 551. The topological polar surface area (TPSA) is 46.9 Å². The van der Waals surface area contributed by atoms with E-state index in [0.717, 1.165) is 23.0 Å². The van der Waals surface area contributed by atoms with Crippen molar-refractivity contribution >= 4 is 23.5 Å². The molecule has 1 aromatic carbocycles. The largest absolute Gasteiger partial charge is 0.310 e. The Morgan fingerprint density at radius 3 is 2.79 bits per heavy atom. The molecule has 0 spiro atoms. The van der Waals surface area contributed by atoms with Crippen molar-refractivity contribution in [2.75, 3.05) is 11.1 Å². The van der Waals surface area contributed by atoms with Gasteiger partial charge < -0.3 is 5.32 Å². The highest BCUT2D eigenvalue weighted by Gasteiger charge is 2.08. The molecular weight excluding hydrogens is 258 g/mol. The van der Waals surface area contributed by atoms with Gasteiger partial charge in [-0.2, -0.15) is 5.10 Å². The minimum Gasteiger partial charge on any atom is -0.310 e. The minimum absolute atomic E-state index is 0.0107. The lowest BCUT2D eigenvalue weighted by molar-refractivity contribution is -0.113. The summed E-state index contributed by atoms with van der Waals surface area (Å²) in [6.45, 7) is 4.66. The second-order valence-electron chi connectivity index (χ2n) is 4.14. The van der Waals surface area contributed by atoms with Crippen LogP contribution in [-0.4, -0.2) is 21.4 Å². The number of aromatic nitrogens is 2. The first-order chi connectivity index (χ1) is 9.19.